The van der Waals surface area contributed by atoms with E-state index in [9.17, 15) is 0 Å². The highest BCUT2D eigenvalue weighted by molar-refractivity contribution is 7.99. The van der Waals surface area contributed by atoms with Crippen LogP contribution < -0.4 is 10.1 Å². The van der Waals surface area contributed by atoms with Crippen LogP contribution in [-0.4, -0.2) is 25.2 Å². The Morgan fingerprint density at radius 1 is 1.22 bits per heavy atom. The first-order valence-electron chi connectivity index (χ1n) is 6.65. The largest absolute Gasteiger partial charge is 0.494 e. The van der Waals surface area contributed by atoms with E-state index in [1.807, 2.05) is 31.8 Å². The molecule has 0 amide bonds. The smallest absolute Gasteiger partial charge is 0.124 e. The average molecular weight is 267 g/mol. The monoisotopic (exact) mass is 267 g/mol. The average Bonchev–Trinajstić information content (AvgIpc) is 2.36. The molecule has 3 heteroatoms. The number of thioether (sulfide) groups is 1. The summed E-state index contributed by atoms with van der Waals surface area (Å²) in [7, 11) is 2.02. The highest BCUT2D eigenvalue weighted by Gasteiger charge is 2.14. The molecule has 0 aromatic heterocycles. The maximum atomic E-state index is 5.70. The predicted molar refractivity (Wildman–Crippen MR) is 81.6 cm³/mol. The van der Waals surface area contributed by atoms with Crippen LogP contribution in [0.1, 0.15) is 32.4 Å². The molecule has 0 aliphatic carbocycles. The second-order valence-electron chi connectivity index (χ2n) is 4.74. The zero-order chi connectivity index (χ0) is 13.4. The van der Waals surface area contributed by atoms with Crippen LogP contribution in [0.25, 0.3) is 0 Å². The molecule has 0 fully saturated rings. The number of hydrogen-bond donors (Lipinski definition) is 1. The molecule has 0 heterocycles. The summed E-state index contributed by atoms with van der Waals surface area (Å²) in [5, 5.41) is 3.39. The fraction of sp³-hybridized carbons (Fsp3) is 0.600. The van der Waals surface area contributed by atoms with E-state index in [1.165, 1.54) is 11.3 Å². The number of hydrogen-bond acceptors (Lipinski definition) is 3. The SMILES string of the molecule is CCOc1ccccc1C(CSCC(C)C)NC. The van der Waals surface area contributed by atoms with Crippen molar-refractivity contribution in [1.82, 2.24) is 5.32 Å². The van der Waals surface area contributed by atoms with Crippen LogP contribution in [0.3, 0.4) is 0 Å². The normalized spacial score (nSPS) is 12.7. The Morgan fingerprint density at radius 2 is 1.94 bits per heavy atom. The van der Waals surface area contributed by atoms with Crippen LogP contribution in [0.2, 0.25) is 0 Å². The molecule has 102 valence electrons. The van der Waals surface area contributed by atoms with Crippen molar-refractivity contribution in [3.8, 4) is 5.75 Å². The molecule has 18 heavy (non-hydrogen) atoms. The maximum Gasteiger partial charge on any atom is 0.124 e. The lowest BCUT2D eigenvalue weighted by Crippen LogP contribution is -2.20. The second kappa shape index (κ2) is 8.44. The fourth-order valence-corrected chi connectivity index (χ4v) is 2.99. The van der Waals surface area contributed by atoms with Gasteiger partial charge in [0.25, 0.3) is 0 Å². The van der Waals surface area contributed by atoms with E-state index in [2.05, 4.69) is 37.4 Å². The third-order valence-electron chi connectivity index (χ3n) is 2.68. The van der Waals surface area contributed by atoms with Crippen molar-refractivity contribution in [3.63, 3.8) is 0 Å². The predicted octanol–water partition coefficient (Wildman–Crippen LogP) is 3.74. The van der Waals surface area contributed by atoms with E-state index in [4.69, 9.17) is 4.74 Å². The van der Waals surface area contributed by atoms with Gasteiger partial charge in [-0.1, -0.05) is 32.0 Å². The summed E-state index contributed by atoms with van der Waals surface area (Å²) in [5.41, 5.74) is 1.26. The van der Waals surface area contributed by atoms with E-state index in [0.29, 0.717) is 12.6 Å². The van der Waals surface area contributed by atoms with Gasteiger partial charge in [-0.2, -0.15) is 11.8 Å². The standard InChI is InChI=1S/C15H25NOS/c1-5-17-15-9-7-6-8-13(15)14(16-4)11-18-10-12(2)3/h6-9,12,14,16H,5,10-11H2,1-4H3. The minimum atomic E-state index is 0.358. The van der Waals surface area contributed by atoms with Crippen LogP contribution in [0.15, 0.2) is 24.3 Å². The van der Waals surface area contributed by atoms with E-state index >= 15 is 0 Å². The van der Waals surface area contributed by atoms with Gasteiger partial charge in [0.15, 0.2) is 0 Å². The quantitative estimate of drug-likeness (QED) is 0.775. The number of rotatable bonds is 8. The highest BCUT2D eigenvalue weighted by Crippen LogP contribution is 2.27. The zero-order valence-electron chi connectivity index (χ0n) is 11.9. The van der Waals surface area contributed by atoms with Crippen molar-refractivity contribution >= 4 is 11.8 Å². The lowest BCUT2D eigenvalue weighted by atomic mass is 10.1. The molecule has 0 saturated heterocycles. The second-order valence-corrected chi connectivity index (χ2v) is 5.82. The van der Waals surface area contributed by atoms with Gasteiger partial charge in [-0.15, -0.1) is 0 Å². The minimum Gasteiger partial charge on any atom is -0.494 e. The van der Waals surface area contributed by atoms with Gasteiger partial charge in [0, 0.05) is 17.4 Å². The van der Waals surface area contributed by atoms with Crippen LogP contribution in [0.5, 0.6) is 5.75 Å². The van der Waals surface area contributed by atoms with Crippen LogP contribution in [0, 0.1) is 5.92 Å². The molecule has 0 aliphatic heterocycles. The molecule has 1 atom stereocenters. The first kappa shape index (κ1) is 15.4. The Hall–Kier alpha value is -0.670. The van der Waals surface area contributed by atoms with E-state index in [-0.39, 0.29) is 0 Å². The van der Waals surface area contributed by atoms with E-state index in [0.717, 1.165) is 17.4 Å². The number of para-hydroxylation sites is 1. The third-order valence-corrected chi connectivity index (χ3v) is 4.15. The van der Waals surface area contributed by atoms with E-state index in [1.54, 1.807) is 0 Å². The number of nitrogens with one attached hydrogen (secondary N) is 1. The molecule has 0 aliphatic rings. The van der Waals surface area contributed by atoms with Crippen molar-refractivity contribution in [3.05, 3.63) is 29.8 Å². The molecule has 0 saturated carbocycles. The van der Waals surface area contributed by atoms with Gasteiger partial charge in [0.1, 0.15) is 5.75 Å². The van der Waals surface area contributed by atoms with Crippen LogP contribution in [0.4, 0.5) is 0 Å². The van der Waals surface area contributed by atoms with Crippen LogP contribution in [-0.2, 0) is 0 Å². The lowest BCUT2D eigenvalue weighted by molar-refractivity contribution is 0.333. The molecule has 1 aromatic rings. The summed E-state index contributed by atoms with van der Waals surface area (Å²) >= 11 is 2.00. The lowest BCUT2D eigenvalue weighted by Gasteiger charge is -2.20. The summed E-state index contributed by atoms with van der Waals surface area (Å²) in [5.74, 6) is 4.03. The Kier molecular flexibility index (Phi) is 7.21. The summed E-state index contributed by atoms with van der Waals surface area (Å²) < 4.78 is 5.70. The Bertz CT molecular complexity index is 341. The van der Waals surface area contributed by atoms with Crippen molar-refractivity contribution in [2.75, 3.05) is 25.2 Å². The topological polar surface area (TPSA) is 21.3 Å². The third kappa shape index (κ3) is 4.91. The molecule has 0 bridgehead atoms. The molecule has 1 unspecified atom stereocenters. The first-order valence-corrected chi connectivity index (χ1v) is 7.81. The van der Waals surface area contributed by atoms with Crippen molar-refractivity contribution in [2.24, 2.45) is 5.92 Å². The number of ether oxygens (including phenoxy) is 1. The highest BCUT2D eigenvalue weighted by atomic mass is 32.2. The Labute approximate surface area is 116 Å². The molecule has 1 rings (SSSR count). The van der Waals surface area contributed by atoms with Gasteiger partial charge in [0.05, 0.1) is 6.61 Å². The van der Waals surface area contributed by atoms with Gasteiger partial charge in [0.2, 0.25) is 0 Å². The number of benzene rings is 1. The summed E-state index contributed by atoms with van der Waals surface area (Å²) in [6.07, 6.45) is 0. The maximum absolute atomic E-state index is 5.70. The first-order chi connectivity index (χ1) is 8.69. The molecule has 1 N–H and O–H groups in total. The molecule has 2 nitrogen and oxygen atoms in total. The van der Waals surface area contributed by atoms with Gasteiger partial charge in [-0.25, -0.2) is 0 Å². The van der Waals surface area contributed by atoms with Gasteiger partial charge in [-0.3, -0.25) is 0 Å². The minimum absolute atomic E-state index is 0.358. The van der Waals surface area contributed by atoms with Gasteiger partial charge >= 0.3 is 0 Å². The van der Waals surface area contributed by atoms with Crippen molar-refractivity contribution in [1.29, 1.82) is 0 Å². The summed E-state index contributed by atoms with van der Waals surface area (Å²) in [4.78, 5) is 0. The van der Waals surface area contributed by atoms with Crippen molar-refractivity contribution < 1.29 is 4.74 Å². The molecule has 0 radical (unpaired) electrons. The van der Waals surface area contributed by atoms with Gasteiger partial charge in [-0.05, 0) is 31.7 Å². The zero-order valence-corrected chi connectivity index (χ0v) is 12.7. The molecular weight excluding hydrogens is 242 g/mol. The summed E-state index contributed by atoms with van der Waals surface area (Å²) in [6.45, 7) is 7.26. The molecular formula is C15H25NOS. The molecule has 0 spiro atoms. The molecule has 1 aromatic carbocycles. The van der Waals surface area contributed by atoms with E-state index < -0.39 is 0 Å². The summed E-state index contributed by atoms with van der Waals surface area (Å²) in [6, 6.07) is 8.67. The fourth-order valence-electron chi connectivity index (χ4n) is 1.81. The van der Waals surface area contributed by atoms with Crippen LogP contribution >= 0.6 is 11.8 Å². The van der Waals surface area contributed by atoms with Gasteiger partial charge < -0.3 is 10.1 Å². The Morgan fingerprint density at radius 3 is 2.56 bits per heavy atom. The Balaban J connectivity index is 2.68. The van der Waals surface area contributed by atoms with Crippen molar-refractivity contribution in [2.45, 2.75) is 26.8 Å².